The van der Waals surface area contributed by atoms with E-state index in [1.165, 1.54) is 18.8 Å². The molecule has 116 valence electrons. The standard InChI is InChI=1S/C17H20N2O3/c1-12-6-7-15(11-13(12)2)19(14(3)20)9-8-18-17(21)16-5-4-10-22-16/h4-7,10-11H,8-9H2,1-3H3,(H,18,21). The van der Waals surface area contributed by atoms with E-state index in [9.17, 15) is 9.59 Å². The molecule has 0 bridgehead atoms. The number of rotatable bonds is 5. The fourth-order valence-corrected chi connectivity index (χ4v) is 2.14. The highest BCUT2D eigenvalue weighted by Gasteiger charge is 2.13. The number of anilines is 1. The van der Waals surface area contributed by atoms with Crippen LogP contribution in [0.3, 0.4) is 0 Å². The summed E-state index contributed by atoms with van der Waals surface area (Å²) in [6, 6.07) is 9.14. The van der Waals surface area contributed by atoms with Crippen LogP contribution in [-0.2, 0) is 4.79 Å². The third-order valence-corrected chi connectivity index (χ3v) is 3.55. The van der Waals surface area contributed by atoms with Crippen LogP contribution < -0.4 is 10.2 Å². The molecular formula is C17H20N2O3. The number of nitrogens with one attached hydrogen (secondary N) is 1. The van der Waals surface area contributed by atoms with Gasteiger partial charge in [0.2, 0.25) is 5.91 Å². The topological polar surface area (TPSA) is 62.6 Å². The molecule has 1 aromatic carbocycles. The first-order valence-corrected chi connectivity index (χ1v) is 7.16. The Hall–Kier alpha value is -2.56. The highest BCUT2D eigenvalue weighted by molar-refractivity contribution is 5.93. The number of carbonyl (C=O) groups excluding carboxylic acids is 2. The van der Waals surface area contributed by atoms with Crippen molar-refractivity contribution in [2.45, 2.75) is 20.8 Å². The summed E-state index contributed by atoms with van der Waals surface area (Å²) in [6.45, 7) is 6.32. The zero-order valence-corrected chi connectivity index (χ0v) is 13.1. The van der Waals surface area contributed by atoms with Crippen molar-refractivity contribution >= 4 is 17.5 Å². The van der Waals surface area contributed by atoms with E-state index in [0.717, 1.165) is 11.3 Å². The Morgan fingerprint density at radius 1 is 1.18 bits per heavy atom. The van der Waals surface area contributed by atoms with Crippen LogP contribution in [0.4, 0.5) is 5.69 Å². The lowest BCUT2D eigenvalue weighted by molar-refractivity contribution is -0.116. The molecule has 0 atom stereocenters. The molecular weight excluding hydrogens is 280 g/mol. The second-order valence-electron chi connectivity index (χ2n) is 5.17. The molecule has 1 heterocycles. The quantitative estimate of drug-likeness (QED) is 0.923. The zero-order chi connectivity index (χ0) is 16.1. The lowest BCUT2D eigenvalue weighted by Crippen LogP contribution is -2.37. The molecule has 0 saturated carbocycles. The normalized spacial score (nSPS) is 10.3. The number of furan rings is 1. The Kier molecular flexibility index (Phi) is 4.99. The van der Waals surface area contributed by atoms with Gasteiger partial charge in [0.25, 0.3) is 5.91 Å². The van der Waals surface area contributed by atoms with Gasteiger partial charge in [0.05, 0.1) is 6.26 Å². The van der Waals surface area contributed by atoms with Crippen molar-refractivity contribution in [2.75, 3.05) is 18.0 Å². The van der Waals surface area contributed by atoms with Gasteiger partial charge in [-0.05, 0) is 49.2 Å². The average Bonchev–Trinajstić information content (AvgIpc) is 3.00. The highest BCUT2D eigenvalue weighted by atomic mass is 16.3. The third-order valence-electron chi connectivity index (χ3n) is 3.55. The largest absolute Gasteiger partial charge is 0.459 e. The second-order valence-corrected chi connectivity index (χ2v) is 5.17. The highest BCUT2D eigenvalue weighted by Crippen LogP contribution is 2.18. The molecule has 0 spiro atoms. The molecule has 0 aliphatic heterocycles. The maximum Gasteiger partial charge on any atom is 0.287 e. The summed E-state index contributed by atoms with van der Waals surface area (Å²) in [4.78, 5) is 25.3. The first kappa shape index (κ1) is 15.8. The van der Waals surface area contributed by atoms with Crippen LogP contribution in [0, 0.1) is 13.8 Å². The minimum atomic E-state index is -0.284. The van der Waals surface area contributed by atoms with Gasteiger partial charge in [0.1, 0.15) is 0 Å². The van der Waals surface area contributed by atoms with Crippen LogP contribution in [0.15, 0.2) is 41.0 Å². The van der Waals surface area contributed by atoms with Crippen molar-refractivity contribution in [3.05, 3.63) is 53.5 Å². The summed E-state index contributed by atoms with van der Waals surface area (Å²) in [5.74, 6) is -0.0790. The molecule has 2 amide bonds. The Morgan fingerprint density at radius 3 is 2.55 bits per heavy atom. The summed E-state index contributed by atoms with van der Waals surface area (Å²) in [5, 5.41) is 2.74. The van der Waals surface area contributed by atoms with Crippen LogP contribution in [0.25, 0.3) is 0 Å². The number of hydrogen-bond donors (Lipinski definition) is 1. The number of carbonyl (C=O) groups is 2. The predicted molar refractivity (Wildman–Crippen MR) is 85.0 cm³/mol. The van der Waals surface area contributed by atoms with Crippen LogP contribution in [0.2, 0.25) is 0 Å². The molecule has 2 aromatic rings. The first-order chi connectivity index (χ1) is 10.5. The summed E-state index contributed by atoms with van der Waals surface area (Å²) >= 11 is 0. The van der Waals surface area contributed by atoms with Crippen molar-refractivity contribution in [3.63, 3.8) is 0 Å². The lowest BCUT2D eigenvalue weighted by Gasteiger charge is -2.22. The summed E-state index contributed by atoms with van der Waals surface area (Å²) in [5.41, 5.74) is 3.14. The van der Waals surface area contributed by atoms with Crippen molar-refractivity contribution in [2.24, 2.45) is 0 Å². The summed E-state index contributed by atoms with van der Waals surface area (Å²) in [6.07, 6.45) is 1.45. The van der Waals surface area contributed by atoms with Gasteiger partial charge >= 0.3 is 0 Å². The minimum Gasteiger partial charge on any atom is -0.459 e. The van der Waals surface area contributed by atoms with E-state index in [1.54, 1.807) is 17.0 Å². The van der Waals surface area contributed by atoms with Crippen LogP contribution in [0.5, 0.6) is 0 Å². The first-order valence-electron chi connectivity index (χ1n) is 7.16. The van der Waals surface area contributed by atoms with E-state index in [4.69, 9.17) is 4.42 Å². The van der Waals surface area contributed by atoms with Crippen LogP contribution in [0.1, 0.15) is 28.6 Å². The Bertz CT molecular complexity index is 663. The van der Waals surface area contributed by atoms with Crippen molar-refractivity contribution in [1.29, 1.82) is 0 Å². The summed E-state index contributed by atoms with van der Waals surface area (Å²) in [7, 11) is 0. The molecule has 1 N–H and O–H groups in total. The molecule has 0 saturated heterocycles. The fraction of sp³-hybridized carbons (Fsp3) is 0.294. The molecule has 2 rings (SSSR count). The van der Waals surface area contributed by atoms with Gasteiger partial charge < -0.3 is 14.6 Å². The fourth-order valence-electron chi connectivity index (χ4n) is 2.14. The maximum atomic E-state index is 11.8. The second kappa shape index (κ2) is 6.93. The molecule has 0 unspecified atom stereocenters. The van der Waals surface area contributed by atoms with E-state index in [2.05, 4.69) is 5.32 Å². The lowest BCUT2D eigenvalue weighted by atomic mass is 10.1. The number of aryl methyl sites for hydroxylation is 2. The molecule has 0 fully saturated rings. The molecule has 0 aliphatic carbocycles. The third kappa shape index (κ3) is 3.75. The smallest absolute Gasteiger partial charge is 0.287 e. The monoisotopic (exact) mass is 300 g/mol. The van der Waals surface area contributed by atoms with Crippen molar-refractivity contribution in [3.8, 4) is 0 Å². The Balaban J connectivity index is 1.99. The number of hydrogen-bond acceptors (Lipinski definition) is 3. The SMILES string of the molecule is CC(=O)N(CCNC(=O)c1ccco1)c1ccc(C)c(C)c1. The molecule has 0 aliphatic rings. The molecule has 5 nitrogen and oxygen atoms in total. The molecule has 5 heteroatoms. The minimum absolute atomic E-state index is 0.0597. The van der Waals surface area contributed by atoms with Crippen molar-refractivity contribution in [1.82, 2.24) is 5.32 Å². The number of nitrogens with zero attached hydrogens (tertiary/aromatic N) is 1. The Morgan fingerprint density at radius 2 is 1.95 bits per heavy atom. The Labute approximate surface area is 129 Å². The van der Waals surface area contributed by atoms with Crippen molar-refractivity contribution < 1.29 is 14.0 Å². The molecule has 22 heavy (non-hydrogen) atoms. The van der Waals surface area contributed by atoms with Gasteiger partial charge in [0.15, 0.2) is 5.76 Å². The zero-order valence-electron chi connectivity index (χ0n) is 13.1. The van der Waals surface area contributed by atoms with E-state index in [0.29, 0.717) is 13.1 Å². The van der Waals surface area contributed by atoms with Crippen LogP contribution in [-0.4, -0.2) is 24.9 Å². The van der Waals surface area contributed by atoms with Gasteiger partial charge in [0, 0.05) is 25.7 Å². The molecule has 1 aromatic heterocycles. The number of amides is 2. The van der Waals surface area contributed by atoms with Gasteiger partial charge in [-0.25, -0.2) is 0 Å². The maximum absolute atomic E-state index is 11.8. The predicted octanol–water partition coefficient (Wildman–Crippen LogP) is 2.68. The van der Waals surface area contributed by atoms with E-state index < -0.39 is 0 Å². The number of benzene rings is 1. The average molecular weight is 300 g/mol. The van der Waals surface area contributed by atoms with Gasteiger partial charge in [-0.15, -0.1) is 0 Å². The van der Waals surface area contributed by atoms with Gasteiger partial charge in [-0.2, -0.15) is 0 Å². The van der Waals surface area contributed by atoms with Crippen LogP contribution >= 0.6 is 0 Å². The van der Waals surface area contributed by atoms with E-state index in [1.807, 2.05) is 32.0 Å². The molecule has 0 radical (unpaired) electrons. The van der Waals surface area contributed by atoms with E-state index in [-0.39, 0.29) is 17.6 Å². The van der Waals surface area contributed by atoms with Gasteiger partial charge in [-0.1, -0.05) is 6.07 Å². The summed E-state index contributed by atoms with van der Waals surface area (Å²) < 4.78 is 5.02. The van der Waals surface area contributed by atoms with E-state index >= 15 is 0 Å². The van der Waals surface area contributed by atoms with Gasteiger partial charge in [-0.3, -0.25) is 9.59 Å².